The van der Waals surface area contributed by atoms with Crippen LogP contribution in [0, 0.1) is 0 Å². The van der Waals surface area contributed by atoms with Crippen LogP contribution < -0.4 is 16.0 Å². The number of hydrogen-bond acceptors (Lipinski definition) is 5. The molecule has 20 heavy (non-hydrogen) atoms. The molecular weight excluding hydrogens is 295 g/mol. The fraction of sp³-hybridized carbons (Fsp3) is 0.455. The molecule has 1 fully saturated rings. The summed E-state index contributed by atoms with van der Waals surface area (Å²) in [4.78, 5) is -1.51. The largest absolute Gasteiger partial charge is 0.770 e. The Morgan fingerprint density at radius 2 is 2.10 bits per heavy atom. The van der Waals surface area contributed by atoms with Gasteiger partial charge in [-0.3, -0.25) is 9.53 Å². The van der Waals surface area contributed by atoms with E-state index in [9.17, 15) is 21.9 Å². The fourth-order valence-electron chi connectivity index (χ4n) is 1.93. The van der Waals surface area contributed by atoms with Gasteiger partial charge in [0.25, 0.3) is 0 Å². The summed E-state index contributed by atoms with van der Waals surface area (Å²) >= 11 is -2.55. The van der Waals surface area contributed by atoms with Gasteiger partial charge in [0.05, 0.1) is 5.56 Å². The number of anilines is 1. The van der Waals surface area contributed by atoms with E-state index in [4.69, 9.17) is 0 Å². The number of halogens is 3. The summed E-state index contributed by atoms with van der Waals surface area (Å²) in [6, 6.07) is 4.42. The summed E-state index contributed by atoms with van der Waals surface area (Å²) in [6.07, 6.45) is -4.47. The maximum absolute atomic E-state index is 12.6. The van der Waals surface area contributed by atoms with Gasteiger partial charge >= 0.3 is 6.18 Å². The molecule has 0 aliphatic carbocycles. The van der Waals surface area contributed by atoms with Crippen LogP contribution in [-0.2, 0) is 17.3 Å². The van der Waals surface area contributed by atoms with Crippen molar-refractivity contribution in [3.05, 3.63) is 29.8 Å². The first kappa shape index (κ1) is 15.2. The van der Waals surface area contributed by atoms with Gasteiger partial charge in [-0.05, 0) is 29.3 Å². The highest BCUT2D eigenvalue weighted by Gasteiger charge is 2.34. The quantitative estimate of drug-likeness (QED) is 0.722. The predicted octanol–water partition coefficient (Wildman–Crippen LogP) is 0.843. The van der Waals surface area contributed by atoms with Crippen LogP contribution in [-0.4, -0.2) is 33.4 Å². The number of benzene rings is 1. The molecule has 0 bridgehead atoms. The Balaban J connectivity index is 2.25. The molecule has 1 saturated heterocycles. The molecule has 1 heterocycles. The van der Waals surface area contributed by atoms with Crippen LogP contribution in [0.4, 0.5) is 18.9 Å². The van der Waals surface area contributed by atoms with Crippen LogP contribution in [0.5, 0.6) is 0 Å². The van der Waals surface area contributed by atoms with E-state index in [-0.39, 0.29) is 12.2 Å². The highest BCUT2D eigenvalue weighted by Crippen LogP contribution is 2.31. The van der Waals surface area contributed by atoms with Crippen molar-refractivity contribution in [2.24, 2.45) is 0 Å². The standard InChI is InChI=1S/C11H14F3N3O2S/c12-11(13,14)8-2-1-3-9(6-8)17-10(20(18)19)7-15-4-5-16-10/h1-3,6,15-17H,4-5,7H2,(H,18,19)/p-1. The van der Waals surface area contributed by atoms with Crippen molar-refractivity contribution in [2.45, 2.75) is 11.2 Å². The van der Waals surface area contributed by atoms with Crippen LogP contribution in [0.2, 0.25) is 0 Å². The summed E-state index contributed by atoms with van der Waals surface area (Å²) in [6.45, 7) is 1.03. The van der Waals surface area contributed by atoms with E-state index in [1.54, 1.807) is 0 Å². The van der Waals surface area contributed by atoms with Crippen molar-refractivity contribution >= 4 is 16.8 Å². The fourth-order valence-corrected chi connectivity index (χ4v) is 2.58. The van der Waals surface area contributed by atoms with Crippen LogP contribution in [0.15, 0.2) is 24.3 Å². The van der Waals surface area contributed by atoms with E-state index < -0.39 is 27.8 Å². The zero-order valence-corrected chi connectivity index (χ0v) is 11.1. The first-order chi connectivity index (χ1) is 9.33. The van der Waals surface area contributed by atoms with E-state index in [1.165, 1.54) is 12.1 Å². The first-order valence-electron chi connectivity index (χ1n) is 5.84. The van der Waals surface area contributed by atoms with Gasteiger partial charge < -0.3 is 15.2 Å². The lowest BCUT2D eigenvalue weighted by molar-refractivity contribution is -0.137. The molecule has 0 saturated carbocycles. The SMILES string of the molecule is O=S([O-])C1(Nc2cccc(C(F)(F)F)c2)CNCCN1. The van der Waals surface area contributed by atoms with Gasteiger partial charge in [-0.15, -0.1) is 0 Å². The van der Waals surface area contributed by atoms with E-state index in [0.717, 1.165) is 12.1 Å². The van der Waals surface area contributed by atoms with Gasteiger partial charge in [0.15, 0.2) is 4.99 Å². The van der Waals surface area contributed by atoms with Gasteiger partial charge in [0, 0.05) is 25.3 Å². The van der Waals surface area contributed by atoms with Crippen LogP contribution in [0.3, 0.4) is 0 Å². The van der Waals surface area contributed by atoms with E-state index >= 15 is 0 Å². The second-order valence-corrected chi connectivity index (χ2v) is 5.54. The molecule has 0 radical (unpaired) electrons. The lowest BCUT2D eigenvalue weighted by Crippen LogP contribution is -2.66. The molecule has 112 valence electrons. The third-order valence-corrected chi connectivity index (χ3v) is 3.87. The number of hydrogen-bond donors (Lipinski definition) is 3. The summed E-state index contributed by atoms with van der Waals surface area (Å²) < 4.78 is 60.6. The number of alkyl halides is 3. The molecule has 1 aromatic carbocycles. The Labute approximate surface area is 116 Å². The minimum Gasteiger partial charge on any atom is -0.770 e. The van der Waals surface area contributed by atoms with Crippen molar-refractivity contribution in [2.75, 3.05) is 25.0 Å². The molecule has 0 amide bonds. The third-order valence-electron chi connectivity index (χ3n) is 2.91. The first-order valence-corrected chi connectivity index (χ1v) is 6.91. The maximum Gasteiger partial charge on any atom is 0.416 e. The van der Waals surface area contributed by atoms with Crippen molar-refractivity contribution in [3.63, 3.8) is 0 Å². The second-order valence-electron chi connectivity index (χ2n) is 4.37. The van der Waals surface area contributed by atoms with Gasteiger partial charge in [0.2, 0.25) is 0 Å². The number of nitrogens with one attached hydrogen (secondary N) is 3. The van der Waals surface area contributed by atoms with Crippen molar-refractivity contribution in [1.29, 1.82) is 0 Å². The summed E-state index contributed by atoms with van der Waals surface area (Å²) in [5.41, 5.74) is -0.752. The normalized spacial score (nSPS) is 25.2. The minimum absolute atomic E-state index is 0.0549. The average molecular weight is 308 g/mol. The minimum atomic E-state index is -4.47. The Bertz CT molecular complexity index is 504. The Kier molecular flexibility index (Phi) is 4.33. The molecular formula is C11H13F3N3O2S-. The summed E-state index contributed by atoms with van der Waals surface area (Å²) in [7, 11) is 0. The molecule has 2 unspecified atom stereocenters. The Morgan fingerprint density at radius 3 is 2.65 bits per heavy atom. The highest BCUT2D eigenvalue weighted by molar-refractivity contribution is 7.80. The Morgan fingerprint density at radius 1 is 1.35 bits per heavy atom. The number of rotatable bonds is 3. The van der Waals surface area contributed by atoms with Gasteiger partial charge in [-0.1, -0.05) is 6.07 Å². The van der Waals surface area contributed by atoms with E-state index in [0.29, 0.717) is 13.1 Å². The van der Waals surface area contributed by atoms with E-state index in [1.807, 2.05) is 0 Å². The molecule has 1 aliphatic heterocycles. The molecule has 0 spiro atoms. The highest BCUT2D eigenvalue weighted by atomic mass is 32.2. The predicted molar refractivity (Wildman–Crippen MR) is 67.6 cm³/mol. The van der Waals surface area contributed by atoms with Gasteiger partial charge in [-0.2, -0.15) is 13.2 Å². The van der Waals surface area contributed by atoms with Crippen LogP contribution >= 0.6 is 0 Å². The van der Waals surface area contributed by atoms with Crippen molar-refractivity contribution in [1.82, 2.24) is 10.6 Å². The van der Waals surface area contributed by atoms with Crippen molar-refractivity contribution in [3.8, 4) is 0 Å². The summed E-state index contributed by atoms with van der Waals surface area (Å²) in [5.74, 6) is 0. The summed E-state index contributed by atoms with van der Waals surface area (Å²) in [5, 5.41) is 8.27. The zero-order valence-electron chi connectivity index (χ0n) is 10.3. The molecule has 1 aromatic rings. The van der Waals surface area contributed by atoms with Crippen LogP contribution in [0.1, 0.15) is 5.56 Å². The molecule has 3 N–H and O–H groups in total. The second kappa shape index (κ2) is 5.68. The molecule has 2 rings (SSSR count). The smallest absolute Gasteiger partial charge is 0.416 e. The number of piperazine rings is 1. The monoisotopic (exact) mass is 308 g/mol. The molecule has 9 heteroatoms. The lowest BCUT2D eigenvalue weighted by Gasteiger charge is -2.41. The van der Waals surface area contributed by atoms with Gasteiger partial charge in [0.1, 0.15) is 0 Å². The lowest BCUT2D eigenvalue weighted by atomic mass is 10.2. The van der Waals surface area contributed by atoms with E-state index in [2.05, 4.69) is 16.0 Å². The Hall–Kier alpha value is -1.16. The van der Waals surface area contributed by atoms with Gasteiger partial charge in [-0.25, -0.2) is 0 Å². The molecule has 1 aliphatic rings. The average Bonchev–Trinajstić information content (AvgIpc) is 2.39. The molecule has 0 aromatic heterocycles. The zero-order chi connectivity index (χ0) is 14.8. The van der Waals surface area contributed by atoms with Crippen LogP contribution in [0.25, 0.3) is 0 Å². The maximum atomic E-state index is 12.6. The third kappa shape index (κ3) is 3.29. The molecule has 5 nitrogen and oxygen atoms in total. The van der Waals surface area contributed by atoms with Crippen molar-refractivity contribution < 1.29 is 21.9 Å². The molecule has 2 atom stereocenters. The topological polar surface area (TPSA) is 76.2 Å².